The molecule has 1 atom stereocenters. The molecule has 0 bridgehead atoms. The van der Waals surface area contributed by atoms with Gasteiger partial charge in [-0.25, -0.2) is 0 Å². The molecule has 2 amide bonds. The Morgan fingerprint density at radius 2 is 1.97 bits per heavy atom. The average Bonchev–Trinajstić information content (AvgIpc) is 3.41. The van der Waals surface area contributed by atoms with Crippen LogP contribution in [-0.2, 0) is 4.79 Å². The molecule has 29 heavy (non-hydrogen) atoms. The molecule has 0 spiro atoms. The van der Waals surface area contributed by atoms with Gasteiger partial charge in [-0.3, -0.25) is 9.59 Å². The van der Waals surface area contributed by atoms with Crippen LogP contribution in [0.2, 0.25) is 0 Å². The molecule has 2 aliphatic heterocycles. The average molecular weight is 432 g/mol. The smallest absolute Gasteiger partial charge is 0.270 e. The van der Waals surface area contributed by atoms with E-state index < -0.39 is 0 Å². The van der Waals surface area contributed by atoms with Crippen LogP contribution in [0.3, 0.4) is 0 Å². The Morgan fingerprint density at radius 1 is 1.14 bits per heavy atom. The molecule has 2 aliphatic rings. The van der Waals surface area contributed by atoms with Crippen molar-refractivity contribution in [2.24, 2.45) is 0 Å². The van der Waals surface area contributed by atoms with Crippen LogP contribution in [0, 0.1) is 0 Å². The first-order valence-electron chi connectivity index (χ1n) is 10.6. The largest absolute Gasteiger partial charge is 0.353 e. The fourth-order valence-corrected chi connectivity index (χ4v) is 7.14. The molecular weight excluding hydrogens is 402 g/mol. The molecular formula is C22H29N3O2S2. The van der Waals surface area contributed by atoms with E-state index in [-0.39, 0.29) is 17.9 Å². The van der Waals surface area contributed by atoms with Crippen LogP contribution in [0.25, 0.3) is 10.9 Å². The predicted molar refractivity (Wildman–Crippen MR) is 122 cm³/mol. The number of carbonyl (C=O) groups is 2. The minimum atomic E-state index is 0.0499. The number of amides is 2. The maximum Gasteiger partial charge on any atom is 0.270 e. The SMILES string of the molecule is O=C(CCCC[C@H]1CCSS1)NC1CCN(C(=O)c2cc3ccccc3[nH]2)CC1. The third-order valence-corrected chi connectivity index (χ3v) is 8.82. The number of fused-ring (bicyclic) bond motifs is 1. The highest BCUT2D eigenvalue weighted by Crippen LogP contribution is 2.39. The monoisotopic (exact) mass is 431 g/mol. The standard InChI is InChI=1S/C22H29N3O2S2/c26-21(8-4-2-6-18-11-14-28-29-18)23-17-9-12-25(13-10-17)22(27)20-15-16-5-1-3-7-19(16)24-20/h1,3,5,7,15,17-18,24H,2,4,6,8-14H2,(H,23,26)/t18-/m0/s1. The maximum atomic E-state index is 12.8. The van der Waals surface area contributed by atoms with Crippen LogP contribution < -0.4 is 5.32 Å². The molecule has 3 heterocycles. The van der Waals surface area contributed by atoms with Gasteiger partial charge >= 0.3 is 0 Å². The van der Waals surface area contributed by atoms with Gasteiger partial charge in [-0.15, -0.1) is 0 Å². The summed E-state index contributed by atoms with van der Waals surface area (Å²) in [4.78, 5) is 30.1. The van der Waals surface area contributed by atoms with Gasteiger partial charge in [-0.05, 0) is 44.2 Å². The van der Waals surface area contributed by atoms with Crippen molar-refractivity contribution >= 4 is 44.3 Å². The molecule has 4 rings (SSSR count). The molecule has 5 nitrogen and oxygen atoms in total. The lowest BCUT2D eigenvalue weighted by atomic mass is 10.0. The summed E-state index contributed by atoms with van der Waals surface area (Å²) in [5.41, 5.74) is 1.63. The Kier molecular flexibility index (Phi) is 7.08. The number of aromatic nitrogens is 1. The molecule has 1 aromatic heterocycles. The molecule has 2 fully saturated rings. The Balaban J connectivity index is 1.17. The first-order valence-corrected chi connectivity index (χ1v) is 13.0. The summed E-state index contributed by atoms with van der Waals surface area (Å²) in [6.45, 7) is 1.38. The molecule has 7 heteroatoms. The van der Waals surface area contributed by atoms with Gasteiger partial charge in [-0.2, -0.15) is 0 Å². The van der Waals surface area contributed by atoms with Gasteiger partial charge in [-0.1, -0.05) is 46.2 Å². The van der Waals surface area contributed by atoms with E-state index in [1.807, 2.05) is 56.8 Å². The highest BCUT2D eigenvalue weighted by molar-refractivity contribution is 8.77. The zero-order valence-electron chi connectivity index (χ0n) is 16.7. The lowest BCUT2D eigenvalue weighted by Gasteiger charge is -2.32. The molecule has 2 N–H and O–H groups in total. The Labute approximate surface area is 180 Å². The van der Waals surface area contributed by atoms with E-state index in [1.165, 1.54) is 18.6 Å². The molecule has 0 saturated carbocycles. The summed E-state index contributed by atoms with van der Waals surface area (Å²) < 4.78 is 0. The van der Waals surface area contributed by atoms with Crippen molar-refractivity contribution in [1.29, 1.82) is 0 Å². The van der Waals surface area contributed by atoms with Gasteiger partial charge < -0.3 is 15.2 Å². The minimum absolute atomic E-state index is 0.0499. The highest BCUT2D eigenvalue weighted by Gasteiger charge is 2.25. The van der Waals surface area contributed by atoms with E-state index in [0.717, 1.165) is 41.8 Å². The van der Waals surface area contributed by atoms with E-state index in [2.05, 4.69) is 10.3 Å². The summed E-state index contributed by atoms with van der Waals surface area (Å²) in [5, 5.41) is 5.03. The van der Waals surface area contributed by atoms with Gasteiger partial charge in [0.15, 0.2) is 0 Å². The van der Waals surface area contributed by atoms with Crippen LogP contribution in [0.4, 0.5) is 0 Å². The predicted octanol–water partition coefficient (Wildman–Crippen LogP) is 4.60. The number of aromatic amines is 1. The number of hydrogen-bond donors (Lipinski definition) is 2. The second-order valence-electron chi connectivity index (χ2n) is 7.98. The number of likely N-dealkylation sites (tertiary alicyclic amines) is 1. The van der Waals surface area contributed by atoms with Crippen LogP contribution in [-0.4, -0.2) is 51.8 Å². The first-order chi connectivity index (χ1) is 14.2. The van der Waals surface area contributed by atoms with Crippen molar-refractivity contribution < 1.29 is 9.59 Å². The minimum Gasteiger partial charge on any atom is -0.353 e. The molecule has 156 valence electrons. The lowest BCUT2D eigenvalue weighted by molar-refractivity contribution is -0.122. The molecule has 0 unspecified atom stereocenters. The fraction of sp³-hybridized carbons (Fsp3) is 0.545. The number of hydrogen-bond acceptors (Lipinski definition) is 4. The Hall–Kier alpha value is -1.60. The number of unbranched alkanes of at least 4 members (excludes halogenated alkanes) is 1. The Morgan fingerprint density at radius 3 is 2.72 bits per heavy atom. The number of nitrogens with zero attached hydrogens (tertiary/aromatic N) is 1. The van der Waals surface area contributed by atoms with Crippen LogP contribution in [0.5, 0.6) is 0 Å². The third kappa shape index (κ3) is 5.51. The van der Waals surface area contributed by atoms with Gasteiger partial charge in [0, 0.05) is 47.5 Å². The van der Waals surface area contributed by atoms with E-state index in [4.69, 9.17) is 0 Å². The van der Waals surface area contributed by atoms with Crippen LogP contribution in [0.1, 0.15) is 55.4 Å². The zero-order chi connectivity index (χ0) is 20.1. The normalized spacial score (nSPS) is 20.3. The van der Waals surface area contributed by atoms with Crippen LogP contribution in [0.15, 0.2) is 30.3 Å². The van der Waals surface area contributed by atoms with Crippen molar-refractivity contribution in [2.75, 3.05) is 18.8 Å². The zero-order valence-corrected chi connectivity index (χ0v) is 18.3. The van der Waals surface area contributed by atoms with E-state index in [9.17, 15) is 9.59 Å². The first kappa shape index (κ1) is 20.7. The van der Waals surface area contributed by atoms with Crippen molar-refractivity contribution in [3.8, 4) is 0 Å². The number of rotatable bonds is 7. The molecule has 0 aliphatic carbocycles. The number of H-pyrrole nitrogens is 1. The highest BCUT2D eigenvalue weighted by atomic mass is 33.1. The lowest BCUT2D eigenvalue weighted by Crippen LogP contribution is -2.46. The fourth-order valence-electron chi connectivity index (χ4n) is 4.11. The number of carbonyl (C=O) groups excluding carboxylic acids is 2. The summed E-state index contributed by atoms with van der Waals surface area (Å²) in [6.07, 6.45) is 6.95. The third-order valence-electron chi connectivity index (χ3n) is 5.81. The summed E-state index contributed by atoms with van der Waals surface area (Å²) in [7, 11) is 3.99. The molecule has 2 saturated heterocycles. The second-order valence-corrected chi connectivity index (χ2v) is 10.8. The topological polar surface area (TPSA) is 65.2 Å². The summed E-state index contributed by atoms with van der Waals surface area (Å²) >= 11 is 0. The van der Waals surface area contributed by atoms with Gasteiger partial charge in [0.25, 0.3) is 5.91 Å². The Bertz CT molecular complexity index is 806. The molecule has 1 aromatic carbocycles. The van der Waals surface area contributed by atoms with E-state index in [0.29, 0.717) is 25.2 Å². The number of benzene rings is 1. The second kappa shape index (κ2) is 9.94. The molecule has 2 aromatic rings. The van der Waals surface area contributed by atoms with E-state index >= 15 is 0 Å². The van der Waals surface area contributed by atoms with Crippen molar-refractivity contribution in [3.63, 3.8) is 0 Å². The van der Waals surface area contributed by atoms with Crippen LogP contribution >= 0.6 is 21.6 Å². The maximum absolute atomic E-state index is 12.8. The summed E-state index contributed by atoms with van der Waals surface area (Å²) in [5.74, 6) is 1.49. The number of para-hydroxylation sites is 1. The van der Waals surface area contributed by atoms with Crippen molar-refractivity contribution in [2.45, 2.75) is 56.2 Å². The van der Waals surface area contributed by atoms with E-state index in [1.54, 1.807) is 0 Å². The van der Waals surface area contributed by atoms with Gasteiger partial charge in [0.1, 0.15) is 5.69 Å². The van der Waals surface area contributed by atoms with Gasteiger partial charge in [0.2, 0.25) is 5.91 Å². The number of piperidine rings is 1. The van der Waals surface area contributed by atoms with Crippen molar-refractivity contribution in [1.82, 2.24) is 15.2 Å². The summed E-state index contributed by atoms with van der Waals surface area (Å²) in [6, 6.07) is 10.1. The molecule has 0 radical (unpaired) electrons. The quantitative estimate of drug-likeness (QED) is 0.497. The van der Waals surface area contributed by atoms with Gasteiger partial charge in [0.05, 0.1) is 0 Å². The number of nitrogens with one attached hydrogen (secondary N) is 2. The van der Waals surface area contributed by atoms with Crippen molar-refractivity contribution in [3.05, 3.63) is 36.0 Å².